The standard InChI is InChI=1S/C7H14INO2/c1-5(2)11-6(10)7(3,4)9-8/h5,9H,1-4H3. The van der Waals surface area contributed by atoms with Crippen LogP contribution < -0.4 is 3.53 Å². The largest absolute Gasteiger partial charge is 0.462 e. The molecule has 0 aromatic carbocycles. The van der Waals surface area contributed by atoms with Gasteiger partial charge in [-0.05, 0) is 27.7 Å². The highest BCUT2D eigenvalue weighted by molar-refractivity contribution is 14.1. The van der Waals surface area contributed by atoms with Crippen molar-refractivity contribution in [2.45, 2.75) is 39.3 Å². The van der Waals surface area contributed by atoms with Gasteiger partial charge in [-0.15, -0.1) is 0 Å². The molecule has 11 heavy (non-hydrogen) atoms. The van der Waals surface area contributed by atoms with Gasteiger partial charge in [0.1, 0.15) is 5.54 Å². The maximum atomic E-state index is 11.2. The first-order valence-electron chi connectivity index (χ1n) is 3.49. The van der Waals surface area contributed by atoms with E-state index in [9.17, 15) is 4.79 Å². The van der Waals surface area contributed by atoms with Gasteiger partial charge in [0.15, 0.2) is 0 Å². The van der Waals surface area contributed by atoms with Crippen molar-refractivity contribution in [3.05, 3.63) is 0 Å². The van der Waals surface area contributed by atoms with Crippen molar-refractivity contribution in [1.29, 1.82) is 0 Å². The molecule has 0 spiro atoms. The molecular weight excluding hydrogens is 257 g/mol. The molecule has 0 radical (unpaired) electrons. The Kier molecular flexibility index (Phi) is 4.31. The van der Waals surface area contributed by atoms with Gasteiger partial charge in [0, 0.05) is 22.9 Å². The molecule has 0 saturated heterocycles. The Morgan fingerprint density at radius 1 is 1.55 bits per heavy atom. The summed E-state index contributed by atoms with van der Waals surface area (Å²) in [5.41, 5.74) is -0.592. The fraction of sp³-hybridized carbons (Fsp3) is 0.857. The van der Waals surface area contributed by atoms with Crippen LogP contribution in [-0.2, 0) is 9.53 Å². The van der Waals surface area contributed by atoms with Crippen LogP contribution in [0.1, 0.15) is 27.7 Å². The number of hydrogen-bond donors (Lipinski definition) is 1. The molecule has 0 aliphatic carbocycles. The van der Waals surface area contributed by atoms with Crippen molar-refractivity contribution >= 4 is 28.8 Å². The predicted octanol–water partition coefficient (Wildman–Crippen LogP) is 1.66. The lowest BCUT2D eigenvalue weighted by Gasteiger charge is -2.21. The average molecular weight is 271 g/mol. The molecule has 0 rings (SSSR count). The molecule has 0 saturated carbocycles. The molecule has 0 amide bonds. The van der Waals surface area contributed by atoms with Gasteiger partial charge >= 0.3 is 5.97 Å². The lowest BCUT2D eigenvalue weighted by molar-refractivity contribution is -0.153. The van der Waals surface area contributed by atoms with Gasteiger partial charge in [-0.3, -0.25) is 4.79 Å². The maximum absolute atomic E-state index is 11.2. The molecule has 0 aliphatic heterocycles. The van der Waals surface area contributed by atoms with Crippen molar-refractivity contribution in [3.8, 4) is 0 Å². The summed E-state index contributed by atoms with van der Waals surface area (Å²) in [6, 6.07) is 0. The van der Waals surface area contributed by atoms with Crippen LogP contribution in [0.3, 0.4) is 0 Å². The molecule has 3 nitrogen and oxygen atoms in total. The van der Waals surface area contributed by atoms with E-state index in [-0.39, 0.29) is 12.1 Å². The van der Waals surface area contributed by atoms with E-state index in [0.717, 1.165) is 0 Å². The maximum Gasteiger partial charge on any atom is 0.326 e. The third kappa shape index (κ3) is 3.91. The van der Waals surface area contributed by atoms with Crippen LogP contribution in [0.25, 0.3) is 0 Å². The Balaban J connectivity index is 4.02. The number of rotatable bonds is 3. The highest BCUT2D eigenvalue weighted by Crippen LogP contribution is 2.08. The van der Waals surface area contributed by atoms with Crippen molar-refractivity contribution in [2.75, 3.05) is 0 Å². The number of ether oxygens (including phenoxy) is 1. The van der Waals surface area contributed by atoms with Gasteiger partial charge in [0.05, 0.1) is 6.10 Å². The van der Waals surface area contributed by atoms with Crippen molar-refractivity contribution in [3.63, 3.8) is 0 Å². The van der Waals surface area contributed by atoms with Gasteiger partial charge in [-0.1, -0.05) is 0 Å². The first-order chi connectivity index (χ1) is 4.90. The summed E-state index contributed by atoms with van der Waals surface area (Å²) in [6.45, 7) is 7.23. The summed E-state index contributed by atoms with van der Waals surface area (Å²) < 4.78 is 7.84. The number of carbonyl (C=O) groups is 1. The van der Waals surface area contributed by atoms with Crippen molar-refractivity contribution < 1.29 is 9.53 Å². The lowest BCUT2D eigenvalue weighted by Crippen LogP contribution is -2.43. The second-order valence-electron chi connectivity index (χ2n) is 3.17. The van der Waals surface area contributed by atoms with E-state index in [1.807, 2.05) is 36.7 Å². The molecule has 1 N–H and O–H groups in total. The summed E-state index contributed by atoms with van der Waals surface area (Å²) >= 11 is 1.94. The Morgan fingerprint density at radius 3 is 2.27 bits per heavy atom. The van der Waals surface area contributed by atoms with E-state index in [2.05, 4.69) is 3.53 Å². The van der Waals surface area contributed by atoms with Crippen LogP contribution >= 0.6 is 22.9 Å². The van der Waals surface area contributed by atoms with E-state index in [1.165, 1.54) is 0 Å². The third-order valence-corrected chi connectivity index (χ3v) is 2.44. The summed E-state index contributed by atoms with van der Waals surface area (Å²) in [5.74, 6) is -0.220. The van der Waals surface area contributed by atoms with Crippen LogP contribution in [0.2, 0.25) is 0 Å². The summed E-state index contributed by atoms with van der Waals surface area (Å²) in [4.78, 5) is 11.2. The van der Waals surface area contributed by atoms with Gasteiger partial charge < -0.3 is 4.74 Å². The lowest BCUT2D eigenvalue weighted by atomic mass is 10.1. The minimum absolute atomic E-state index is 0.0495. The Labute approximate surface area is 81.4 Å². The minimum Gasteiger partial charge on any atom is -0.462 e. The molecule has 0 aromatic heterocycles. The van der Waals surface area contributed by atoms with Crippen LogP contribution in [0.5, 0.6) is 0 Å². The molecule has 4 heteroatoms. The fourth-order valence-electron chi connectivity index (χ4n) is 0.400. The Hall–Kier alpha value is 0.160. The topological polar surface area (TPSA) is 38.3 Å². The van der Waals surface area contributed by atoms with E-state index in [0.29, 0.717) is 0 Å². The second kappa shape index (κ2) is 4.25. The SMILES string of the molecule is CC(C)OC(=O)C(C)(C)NI. The number of hydrogen-bond acceptors (Lipinski definition) is 3. The molecule has 0 aromatic rings. The Bertz CT molecular complexity index is 145. The monoisotopic (exact) mass is 271 g/mol. The highest BCUT2D eigenvalue weighted by Gasteiger charge is 2.28. The first-order valence-corrected chi connectivity index (χ1v) is 4.57. The summed E-state index contributed by atoms with van der Waals surface area (Å²) in [7, 11) is 0. The first kappa shape index (κ1) is 11.2. The third-order valence-electron chi connectivity index (χ3n) is 1.09. The molecule has 66 valence electrons. The average Bonchev–Trinajstić information content (AvgIpc) is 1.86. The summed E-state index contributed by atoms with van der Waals surface area (Å²) in [6.07, 6.45) is -0.0495. The molecule has 0 fully saturated rings. The van der Waals surface area contributed by atoms with Gasteiger partial charge in [-0.25, -0.2) is 3.53 Å². The van der Waals surface area contributed by atoms with E-state index in [4.69, 9.17) is 4.74 Å². The zero-order valence-corrected chi connectivity index (χ0v) is 9.43. The molecular formula is C7H14INO2. The molecule has 0 aliphatic rings. The zero-order chi connectivity index (χ0) is 9.07. The molecule has 0 bridgehead atoms. The van der Waals surface area contributed by atoms with Crippen LogP contribution in [-0.4, -0.2) is 17.6 Å². The van der Waals surface area contributed by atoms with Crippen molar-refractivity contribution in [2.24, 2.45) is 0 Å². The molecule has 0 heterocycles. The highest BCUT2D eigenvalue weighted by atomic mass is 127. The van der Waals surface area contributed by atoms with E-state index < -0.39 is 5.54 Å². The summed E-state index contributed by atoms with van der Waals surface area (Å²) in [5, 5.41) is 0. The van der Waals surface area contributed by atoms with Crippen LogP contribution in [0.15, 0.2) is 0 Å². The van der Waals surface area contributed by atoms with Gasteiger partial charge in [0.25, 0.3) is 0 Å². The molecule has 0 unspecified atom stereocenters. The zero-order valence-electron chi connectivity index (χ0n) is 7.27. The minimum atomic E-state index is -0.592. The van der Waals surface area contributed by atoms with E-state index in [1.54, 1.807) is 13.8 Å². The predicted molar refractivity (Wildman–Crippen MR) is 52.5 cm³/mol. The number of carbonyl (C=O) groups excluding carboxylic acids is 1. The quantitative estimate of drug-likeness (QED) is 0.482. The van der Waals surface area contributed by atoms with Crippen molar-refractivity contribution in [1.82, 2.24) is 3.53 Å². The van der Waals surface area contributed by atoms with Gasteiger partial charge in [-0.2, -0.15) is 0 Å². The number of esters is 1. The number of halogens is 1. The van der Waals surface area contributed by atoms with Gasteiger partial charge in [0.2, 0.25) is 0 Å². The normalized spacial score (nSPS) is 11.8. The molecule has 0 atom stereocenters. The number of nitrogens with one attached hydrogen (secondary N) is 1. The Morgan fingerprint density at radius 2 is 2.00 bits per heavy atom. The van der Waals surface area contributed by atoms with Crippen LogP contribution in [0.4, 0.5) is 0 Å². The van der Waals surface area contributed by atoms with E-state index >= 15 is 0 Å². The van der Waals surface area contributed by atoms with Crippen LogP contribution in [0, 0.1) is 0 Å². The second-order valence-corrected chi connectivity index (χ2v) is 3.71. The fourth-order valence-corrected chi connectivity index (χ4v) is 0.620. The smallest absolute Gasteiger partial charge is 0.326 e.